The van der Waals surface area contributed by atoms with Crippen molar-refractivity contribution < 1.29 is 4.39 Å². The van der Waals surface area contributed by atoms with E-state index in [0.29, 0.717) is 8.59 Å². The zero-order chi connectivity index (χ0) is 7.72. The molecule has 0 nitrogen and oxygen atoms in total. The van der Waals surface area contributed by atoms with Crippen molar-refractivity contribution in [2.24, 2.45) is 0 Å². The standard InChI is InChI=1S/C7H5ClFI/c1-4-2-5(8)3-6(9)7(4)10/h2-3H,1H3. The Morgan fingerprint density at radius 2 is 2.10 bits per heavy atom. The van der Waals surface area contributed by atoms with Gasteiger partial charge in [0.1, 0.15) is 5.82 Å². The lowest BCUT2D eigenvalue weighted by molar-refractivity contribution is 0.619. The van der Waals surface area contributed by atoms with Crippen LogP contribution in [-0.2, 0) is 0 Å². The Morgan fingerprint density at radius 1 is 1.50 bits per heavy atom. The first-order valence-corrected chi connectivity index (χ1v) is 4.18. The van der Waals surface area contributed by atoms with Crippen LogP contribution in [-0.4, -0.2) is 0 Å². The van der Waals surface area contributed by atoms with Gasteiger partial charge in [-0.2, -0.15) is 0 Å². The first kappa shape index (κ1) is 8.27. The number of aryl methyl sites for hydroxylation is 1. The van der Waals surface area contributed by atoms with Crippen LogP contribution in [0.3, 0.4) is 0 Å². The van der Waals surface area contributed by atoms with Crippen molar-refractivity contribution in [2.75, 3.05) is 0 Å². The monoisotopic (exact) mass is 270 g/mol. The van der Waals surface area contributed by atoms with Gasteiger partial charge < -0.3 is 0 Å². The van der Waals surface area contributed by atoms with E-state index in [-0.39, 0.29) is 5.82 Å². The summed E-state index contributed by atoms with van der Waals surface area (Å²) < 4.78 is 13.4. The lowest BCUT2D eigenvalue weighted by Gasteiger charge is -1.98. The van der Waals surface area contributed by atoms with Crippen molar-refractivity contribution >= 4 is 34.2 Å². The highest BCUT2D eigenvalue weighted by atomic mass is 127. The molecule has 0 spiro atoms. The second-order valence-corrected chi connectivity index (χ2v) is 3.53. The van der Waals surface area contributed by atoms with Gasteiger partial charge in [-0.05, 0) is 47.2 Å². The predicted molar refractivity (Wildman–Crippen MR) is 48.9 cm³/mol. The van der Waals surface area contributed by atoms with E-state index in [2.05, 4.69) is 0 Å². The van der Waals surface area contributed by atoms with Crippen LogP contribution in [0.25, 0.3) is 0 Å². The summed E-state index contributed by atoms with van der Waals surface area (Å²) in [6.07, 6.45) is 0. The fourth-order valence-electron chi connectivity index (χ4n) is 0.685. The summed E-state index contributed by atoms with van der Waals surface area (Å²) in [5, 5.41) is 0.454. The SMILES string of the molecule is Cc1cc(Cl)cc(F)c1I. The topological polar surface area (TPSA) is 0 Å². The van der Waals surface area contributed by atoms with E-state index < -0.39 is 0 Å². The van der Waals surface area contributed by atoms with E-state index in [9.17, 15) is 4.39 Å². The van der Waals surface area contributed by atoms with Crippen LogP contribution in [0.5, 0.6) is 0 Å². The van der Waals surface area contributed by atoms with Crippen LogP contribution in [0.15, 0.2) is 12.1 Å². The molecule has 54 valence electrons. The zero-order valence-electron chi connectivity index (χ0n) is 5.29. The number of benzene rings is 1. The highest BCUT2D eigenvalue weighted by Crippen LogP contribution is 2.20. The van der Waals surface area contributed by atoms with Crippen molar-refractivity contribution in [2.45, 2.75) is 6.92 Å². The zero-order valence-corrected chi connectivity index (χ0v) is 8.20. The highest BCUT2D eigenvalue weighted by molar-refractivity contribution is 14.1. The van der Waals surface area contributed by atoms with E-state index >= 15 is 0 Å². The molecule has 0 amide bonds. The molecule has 0 unspecified atom stereocenters. The quantitative estimate of drug-likeness (QED) is 0.501. The molecule has 0 aliphatic rings. The average molecular weight is 270 g/mol. The largest absolute Gasteiger partial charge is 0.206 e. The number of halogens is 3. The average Bonchev–Trinajstić information content (AvgIpc) is 1.82. The molecule has 0 saturated carbocycles. The van der Waals surface area contributed by atoms with Gasteiger partial charge in [-0.1, -0.05) is 11.6 Å². The van der Waals surface area contributed by atoms with Crippen molar-refractivity contribution in [1.82, 2.24) is 0 Å². The maximum absolute atomic E-state index is 12.7. The van der Waals surface area contributed by atoms with Gasteiger partial charge in [0.15, 0.2) is 0 Å². The number of hydrogen-bond donors (Lipinski definition) is 0. The minimum atomic E-state index is -0.245. The molecule has 0 aromatic heterocycles. The lowest BCUT2D eigenvalue weighted by Crippen LogP contribution is -1.85. The molecule has 0 heterocycles. The second-order valence-electron chi connectivity index (χ2n) is 2.02. The van der Waals surface area contributed by atoms with E-state index in [4.69, 9.17) is 11.6 Å². The third-order valence-electron chi connectivity index (χ3n) is 1.17. The number of rotatable bonds is 0. The molecule has 0 bridgehead atoms. The van der Waals surface area contributed by atoms with Gasteiger partial charge in [0.2, 0.25) is 0 Å². The fraction of sp³-hybridized carbons (Fsp3) is 0.143. The maximum Gasteiger partial charge on any atom is 0.138 e. The van der Waals surface area contributed by atoms with E-state index in [1.54, 1.807) is 6.07 Å². The van der Waals surface area contributed by atoms with Crippen LogP contribution in [0.1, 0.15) is 5.56 Å². The molecular weight excluding hydrogens is 265 g/mol. The summed E-state index contributed by atoms with van der Waals surface area (Å²) in [6.45, 7) is 1.83. The Morgan fingerprint density at radius 3 is 2.60 bits per heavy atom. The highest BCUT2D eigenvalue weighted by Gasteiger charge is 2.02. The van der Waals surface area contributed by atoms with Crippen LogP contribution in [0, 0.1) is 16.3 Å². The van der Waals surface area contributed by atoms with Crippen LogP contribution < -0.4 is 0 Å². The third kappa shape index (κ3) is 1.61. The Balaban J connectivity index is 3.31. The van der Waals surface area contributed by atoms with Gasteiger partial charge in [-0.25, -0.2) is 4.39 Å². The molecular formula is C7H5ClFI. The molecule has 0 aliphatic carbocycles. The Labute approximate surface area is 77.5 Å². The van der Waals surface area contributed by atoms with Gasteiger partial charge in [0, 0.05) is 5.02 Å². The predicted octanol–water partition coefficient (Wildman–Crippen LogP) is 3.39. The van der Waals surface area contributed by atoms with E-state index in [1.165, 1.54) is 6.07 Å². The smallest absolute Gasteiger partial charge is 0.138 e. The Hall–Kier alpha value is 0.170. The Bertz CT molecular complexity index is 237. The van der Waals surface area contributed by atoms with Crippen molar-refractivity contribution in [3.05, 3.63) is 32.1 Å². The molecule has 3 heteroatoms. The summed E-state index contributed by atoms with van der Waals surface area (Å²) in [6, 6.07) is 3.06. The molecule has 1 aromatic rings. The molecule has 0 atom stereocenters. The van der Waals surface area contributed by atoms with Crippen LogP contribution in [0.2, 0.25) is 5.02 Å². The van der Waals surface area contributed by atoms with E-state index in [1.807, 2.05) is 29.5 Å². The summed E-state index contributed by atoms with van der Waals surface area (Å²) in [4.78, 5) is 0. The van der Waals surface area contributed by atoms with Gasteiger partial charge >= 0.3 is 0 Å². The summed E-state index contributed by atoms with van der Waals surface area (Å²) in [5.74, 6) is -0.245. The third-order valence-corrected chi connectivity index (χ3v) is 2.76. The summed E-state index contributed by atoms with van der Waals surface area (Å²) in [5.41, 5.74) is 0.880. The Kier molecular flexibility index (Phi) is 2.52. The van der Waals surface area contributed by atoms with Crippen molar-refractivity contribution in [1.29, 1.82) is 0 Å². The molecule has 1 rings (SSSR count). The lowest BCUT2D eigenvalue weighted by atomic mass is 10.2. The van der Waals surface area contributed by atoms with Gasteiger partial charge in [-0.3, -0.25) is 0 Å². The first-order valence-electron chi connectivity index (χ1n) is 2.72. The summed E-state index contributed by atoms with van der Waals surface area (Å²) in [7, 11) is 0. The van der Waals surface area contributed by atoms with Crippen molar-refractivity contribution in [3.8, 4) is 0 Å². The summed E-state index contributed by atoms with van der Waals surface area (Å²) >= 11 is 7.53. The molecule has 10 heavy (non-hydrogen) atoms. The van der Waals surface area contributed by atoms with Gasteiger partial charge in [0.25, 0.3) is 0 Å². The second kappa shape index (κ2) is 3.05. The first-order chi connectivity index (χ1) is 4.61. The van der Waals surface area contributed by atoms with Gasteiger partial charge in [0.05, 0.1) is 3.57 Å². The fourth-order valence-corrected chi connectivity index (χ4v) is 1.26. The molecule has 0 saturated heterocycles. The van der Waals surface area contributed by atoms with Crippen LogP contribution in [0.4, 0.5) is 4.39 Å². The van der Waals surface area contributed by atoms with E-state index in [0.717, 1.165) is 5.56 Å². The normalized spacial score (nSPS) is 10.0. The van der Waals surface area contributed by atoms with Crippen molar-refractivity contribution in [3.63, 3.8) is 0 Å². The molecule has 0 radical (unpaired) electrons. The molecule has 0 aliphatic heterocycles. The minimum Gasteiger partial charge on any atom is -0.206 e. The molecule has 0 fully saturated rings. The molecule has 0 N–H and O–H groups in total. The number of hydrogen-bond acceptors (Lipinski definition) is 0. The maximum atomic E-state index is 12.7. The van der Waals surface area contributed by atoms with Gasteiger partial charge in [-0.15, -0.1) is 0 Å². The van der Waals surface area contributed by atoms with Crippen LogP contribution >= 0.6 is 34.2 Å². The molecule has 1 aromatic carbocycles. The minimum absolute atomic E-state index is 0.245.